The van der Waals surface area contributed by atoms with Crippen LogP contribution in [0.3, 0.4) is 0 Å². The van der Waals surface area contributed by atoms with Gasteiger partial charge in [0.2, 0.25) is 0 Å². The van der Waals surface area contributed by atoms with Crippen molar-refractivity contribution in [2.45, 2.75) is 12.5 Å². The normalized spacial score (nSPS) is 12.1. The molecule has 0 unspecified atom stereocenters. The van der Waals surface area contributed by atoms with Crippen LogP contribution in [0.5, 0.6) is 0 Å². The predicted octanol–water partition coefficient (Wildman–Crippen LogP) is 1.87. The monoisotopic (exact) mass is 240 g/mol. The van der Waals surface area contributed by atoms with Crippen molar-refractivity contribution in [1.82, 2.24) is 0 Å². The lowest BCUT2D eigenvalue weighted by Gasteiger charge is -2.10. The molecule has 0 saturated carbocycles. The van der Waals surface area contributed by atoms with E-state index in [-0.39, 0.29) is 18.0 Å². The summed E-state index contributed by atoms with van der Waals surface area (Å²) in [6.45, 7) is 0.307. The summed E-state index contributed by atoms with van der Waals surface area (Å²) in [7, 11) is 0. The van der Waals surface area contributed by atoms with E-state index in [2.05, 4.69) is 0 Å². The number of rotatable bonds is 3. The Bertz CT molecular complexity index is 310. The third-order valence-electron chi connectivity index (χ3n) is 1.91. The molecule has 0 aromatic heterocycles. The van der Waals surface area contributed by atoms with Gasteiger partial charge in [-0.05, 0) is 30.7 Å². The molecule has 1 rings (SSSR count). The van der Waals surface area contributed by atoms with Crippen molar-refractivity contribution in [3.63, 3.8) is 0 Å². The van der Waals surface area contributed by atoms with Gasteiger partial charge in [0.25, 0.3) is 0 Å². The first-order valence-corrected chi connectivity index (χ1v) is 4.16. The summed E-state index contributed by atoms with van der Waals surface area (Å²) in [6.07, 6.45) is 0.393. The Morgan fingerprint density at radius 3 is 2.00 bits per heavy atom. The van der Waals surface area contributed by atoms with Gasteiger partial charge in [-0.2, -0.15) is 0 Å². The molecule has 1 aromatic rings. The molecule has 0 aliphatic rings. The van der Waals surface area contributed by atoms with Crippen molar-refractivity contribution < 1.29 is 13.2 Å². The van der Waals surface area contributed by atoms with Gasteiger partial charge in [0.1, 0.15) is 0 Å². The summed E-state index contributed by atoms with van der Waals surface area (Å²) in [5.41, 5.74) is 11.0. The fraction of sp³-hybridized carbons (Fsp3) is 0.333. The highest BCUT2D eigenvalue weighted by atomic mass is 35.5. The van der Waals surface area contributed by atoms with Crippen LogP contribution in [-0.2, 0) is 0 Å². The van der Waals surface area contributed by atoms with Crippen molar-refractivity contribution in [3.05, 3.63) is 35.1 Å². The highest BCUT2D eigenvalue weighted by Gasteiger charge is 2.13. The standard InChI is InChI=1S/C9H11F3N2.ClH/c10-6-3-5(8(14)1-2-13)4-7(11)9(6)12;/h3-4,8H,1-2,13-14H2;1H/t8-;/m0./s1. The number of halogens is 4. The molecular weight excluding hydrogens is 229 g/mol. The lowest BCUT2D eigenvalue weighted by molar-refractivity contribution is 0.443. The molecule has 0 amide bonds. The van der Waals surface area contributed by atoms with Gasteiger partial charge < -0.3 is 11.5 Å². The molecule has 1 atom stereocenters. The zero-order valence-electron chi connectivity index (χ0n) is 7.84. The zero-order valence-corrected chi connectivity index (χ0v) is 8.66. The van der Waals surface area contributed by atoms with Crippen LogP contribution in [0.1, 0.15) is 18.0 Å². The molecule has 1 aromatic carbocycles. The summed E-state index contributed by atoms with van der Waals surface area (Å²) < 4.78 is 38.0. The molecule has 0 spiro atoms. The smallest absolute Gasteiger partial charge is 0.194 e. The number of benzene rings is 1. The predicted molar refractivity (Wildman–Crippen MR) is 54.2 cm³/mol. The Kier molecular flexibility index (Phi) is 5.64. The second kappa shape index (κ2) is 5.95. The van der Waals surface area contributed by atoms with Gasteiger partial charge >= 0.3 is 0 Å². The van der Waals surface area contributed by atoms with Gasteiger partial charge in [-0.25, -0.2) is 13.2 Å². The van der Waals surface area contributed by atoms with E-state index in [0.717, 1.165) is 12.1 Å². The van der Waals surface area contributed by atoms with Crippen LogP contribution in [0.15, 0.2) is 12.1 Å². The third-order valence-corrected chi connectivity index (χ3v) is 1.91. The molecule has 0 radical (unpaired) electrons. The highest BCUT2D eigenvalue weighted by molar-refractivity contribution is 5.85. The average Bonchev–Trinajstić information content (AvgIpc) is 2.13. The Morgan fingerprint density at radius 2 is 1.60 bits per heavy atom. The minimum absolute atomic E-state index is 0. The molecule has 0 heterocycles. The molecule has 86 valence electrons. The Hall–Kier alpha value is -0.780. The molecular formula is C9H12ClF3N2. The number of nitrogens with two attached hydrogens (primary N) is 2. The van der Waals surface area contributed by atoms with Crippen LogP contribution in [0, 0.1) is 17.5 Å². The Balaban J connectivity index is 0.00000196. The first kappa shape index (κ1) is 14.2. The van der Waals surface area contributed by atoms with E-state index in [9.17, 15) is 13.2 Å². The molecule has 0 fully saturated rings. The number of hydrogen-bond acceptors (Lipinski definition) is 2. The Morgan fingerprint density at radius 1 is 1.13 bits per heavy atom. The van der Waals surface area contributed by atoms with Gasteiger partial charge in [-0.15, -0.1) is 12.4 Å². The average molecular weight is 241 g/mol. The zero-order chi connectivity index (χ0) is 10.7. The molecule has 2 nitrogen and oxygen atoms in total. The van der Waals surface area contributed by atoms with Crippen molar-refractivity contribution in [2.75, 3.05) is 6.54 Å². The number of hydrogen-bond donors (Lipinski definition) is 2. The summed E-state index contributed by atoms with van der Waals surface area (Å²) >= 11 is 0. The van der Waals surface area contributed by atoms with Gasteiger partial charge in [-0.3, -0.25) is 0 Å². The van der Waals surface area contributed by atoms with E-state index in [1.54, 1.807) is 0 Å². The van der Waals surface area contributed by atoms with Crippen LogP contribution < -0.4 is 11.5 Å². The molecule has 4 N–H and O–H groups in total. The van der Waals surface area contributed by atoms with E-state index in [1.165, 1.54) is 0 Å². The maximum atomic E-state index is 12.7. The third kappa shape index (κ3) is 3.37. The molecule has 15 heavy (non-hydrogen) atoms. The Labute approximate surface area is 91.9 Å². The topological polar surface area (TPSA) is 52.0 Å². The van der Waals surface area contributed by atoms with E-state index in [4.69, 9.17) is 11.5 Å². The van der Waals surface area contributed by atoms with E-state index < -0.39 is 23.5 Å². The van der Waals surface area contributed by atoms with Crippen molar-refractivity contribution in [1.29, 1.82) is 0 Å². The fourth-order valence-electron chi connectivity index (χ4n) is 1.14. The lowest BCUT2D eigenvalue weighted by Crippen LogP contribution is -2.16. The molecule has 0 aliphatic heterocycles. The quantitative estimate of drug-likeness (QED) is 0.793. The maximum absolute atomic E-state index is 12.7. The van der Waals surface area contributed by atoms with E-state index in [0.29, 0.717) is 13.0 Å². The van der Waals surface area contributed by atoms with Crippen LogP contribution in [0.4, 0.5) is 13.2 Å². The summed E-state index contributed by atoms with van der Waals surface area (Å²) in [6, 6.07) is 1.21. The van der Waals surface area contributed by atoms with Gasteiger partial charge in [-0.1, -0.05) is 0 Å². The summed E-state index contributed by atoms with van der Waals surface area (Å²) in [5.74, 6) is -3.94. The first-order chi connectivity index (χ1) is 6.56. The second-order valence-electron chi connectivity index (χ2n) is 2.98. The largest absolute Gasteiger partial charge is 0.330 e. The van der Waals surface area contributed by atoms with Crippen molar-refractivity contribution in [2.24, 2.45) is 11.5 Å². The SMILES string of the molecule is Cl.NCC[C@H](N)c1cc(F)c(F)c(F)c1. The fourth-order valence-corrected chi connectivity index (χ4v) is 1.14. The molecule has 0 saturated heterocycles. The van der Waals surface area contributed by atoms with Crippen LogP contribution in [0.2, 0.25) is 0 Å². The van der Waals surface area contributed by atoms with Crippen LogP contribution in [0.25, 0.3) is 0 Å². The molecule has 0 bridgehead atoms. The van der Waals surface area contributed by atoms with Crippen molar-refractivity contribution >= 4 is 12.4 Å². The van der Waals surface area contributed by atoms with Gasteiger partial charge in [0.15, 0.2) is 17.5 Å². The van der Waals surface area contributed by atoms with E-state index >= 15 is 0 Å². The molecule has 0 aliphatic carbocycles. The van der Waals surface area contributed by atoms with Gasteiger partial charge in [0, 0.05) is 6.04 Å². The van der Waals surface area contributed by atoms with E-state index in [1.807, 2.05) is 0 Å². The van der Waals surface area contributed by atoms with Crippen LogP contribution >= 0.6 is 12.4 Å². The summed E-state index contributed by atoms with van der Waals surface area (Å²) in [5, 5.41) is 0. The highest BCUT2D eigenvalue weighted by Crippen LogP contribution is 2.19. The minimum atomic E-state index is -1.48. The van der Waals surface area contributed by atoms with Crippen LogP contribution in [-0.4, -0.2) is 6.54 Å². The van der Waals surface area contributed by atoms with Gasteiger partial charge in [0.05, 0.1) is 0 Å². The second-order valence-corrected chi connectivity index (χ2v) is 2.98. The lowest BCUT2D eigenvalue weighted by atomic mass is 10.0. The molecule has 6 heteroatoms. The minimum Gasteiger partial charge on any atom is -0.330 e. The van der Waals surface area contributed by atoms with Crippen molar-refractivity contribution in [3.8, 4) is 0 Å². The first-order valence-electron chi connectivity index (χ1n) is 4.16. The maximum Gasteiger partial charge on any atom is 0.194 e. The summed E-state index contributed by atoms with van der Waals surface area (Å²) in [4.78, 5) is 0.